The Kier molecular flexibility index (Phi) is 6.64. The predicted octanol–water partition coefficient (Wildman–Crippen LogP) is 3.80. The lowest BCUT2D eigenvalue weighted by Gasteiger charge is -2.19. The van der Waals surface area contributed by atoms with Crippen LogP contribution in [-0.2, 0) is 0 Å². The van der Waals surface area contributed by atoms with E-state index in [4.69, 9.17) is 16.3 Å². The van der Waals surface area contributed by atoms with Gasteiger partial charge in [0, 0.05) is 23.0 Å². The molecule has 0 aliphatic heterocycles. The van der Waals surface area contributed by atoms with Gasteiger partial charge >= 0.3 is 0 Å². The summed E-state index contributed by atoms with van der Waals surface area (Å²) < 4.78 is 5.39. The van der Waals surface area contributed by atoms with Crippen molar-refractivity contribution in [1.29, 1.82) is 0 Å². The first-order valence-corrected chi connectivity index (χ1v) is 6.57. The topological polar surface area (TPSA) is 21.3 Å². The van der Waals surface area contributed by atoms with Crippen molar-refractivity contribution in [3.05, 3.63) is 28.8 Å². The second-order valence-corrected chi connectivity index (χ2v) is 4.46. The highest BCUT2D eigenvalue weighted by molar-refractivity contribution is 6.30. The molecule has 1 aromatic carbocycles. The van der Waals surface area contributed by atoms with E-state index in [2.05, 4.69) is 24.1 Å². The molecule has 0 aromatic heterocycles. The molecule has 0 fully saturated rings. The fourth-order valence-electron chi connectivity index (χ4n) is 1.79. The molecule has 0 saturated carbocycles. The fraction of sp³-hybridized carbons (Fsp3) is 0.467. The van der Waals surface area contributed by atoms with Gasteiger partial charge in [0.25, 0.3) is 0 Å². The maximum absolute atomic E-state index is 6.07. The number of hydrogen-bond acceptors (Lipinski definition) is 2. The Morgan fingerprint density at radius 1 is 1.44 bits per heavy atom. The van der Waals surface area contributed by atoms with Crippen LogP contribution in [0.2, 0.25) is 5.02 Å². The summed E-state index contributed by atoms with van der Waals surface area (Å²) >= 11 is 6.07. The molecule has 1 unspecified atom stereocenters. The van der Waals surface area contributed by atoms with Crippen LogP contribution >= 0.6 is 11.6 Å². The number of rotatable bonds is 6. The molecule has 0 spiro atoms. The van der Waals surface area contributed by atoms with Gasteiger partial charge in [-0.15, -0.1) is 11.8 Å². The minimum Gasteiger partial charge on any atom is -0.496 e. The van der Waals surface area contributed by atoms with Gasteiger partial charge in [0.15, 0.2) is 0 Å². The zero-order valence-electron chi connectivity index (χ0n) is 11.2. The van der Waals surface area contributed by atoms with Gasteiger partial charge < -0.3 is 10.1 Å². The van der Waals surface area contributed by atoms with Gasteiger partial charge in [0.2, 0.25) is 0 Å². The lowest BCUT2D eigenvalue weighted by molar-refractivity contribution is 0.399. The minimum atomic E-state index is 0.158. The molecule has 98 valence electrons. The largest absolute Gasteiger partial charge is 0.496 e. The van der Waals surface area contributed by atoms with Gasteiger partial charge in [0.05, 0.1) is 7.11 Å². The van der Waals surface area contributed by atoms with E-state index in [-0.39, 0.29) is 6.04 Å². The van der Waals surface area contributed by atoms with E-state index >= 15 is 0 Å². The van der Waals surface area contributed by atoms with E-state index in [1.165, 1.54) is 0 Å². The van der Waals surface area contributed by atoms with Crippen LogP contribution in [0, 0.1) is 11.8 Å². The van der Waals surface area contributed by atoms with Crippen molar-refractivity contribution in [2.24, 2.45) is 0 Å². The molecule has 0 aliphatic carbocycles. The Morgan fingerprint density at radius 3 is 2.83 bits per heavy atom. The molecule has 1 rings (SSSR count). The zero-order chi connectivity index (χ0) is 13.4. The van der Waals surface area contributed by atoms with E-state index in [1.54, 1.807) is 7.11 Å². The summed E-state index contributed by atoms with van der Waals surface area (Å²) in [5, 5.41) is 4.20. The number of hydrogen-bond donors (Lipinski definition) is 1. The monoisotopic (exact) mass is 265 g/mol. The maximum Gasteiger partial charge on any atom is 0.123 e. The molecule has 0 amide bonds. The Hall–Kier alpha value is -1.17. The summed E-state index contributed by atoms with van der Waals surface area (Å²) in [6.07, 6.45) is 1.84. The third kappa shape index (κ3) is 4.25. The molecule has 0 heterocycles. The molecule has 0 aliphatic rings. The second-order valence-electron chi connectivity index (χ2n) is 4.02. The van der Waals surface area contributed by atoms with Crippen LogP contribution in [-0.4, -0.2) is 13.7 Å². The smallest absolute Gasteiger partial charge is 0.123 e. The van der Waals surface area contributed by atoms with Crippen LogP contribution in [0.3, 0.4) is 0 Å². The van der Waals surface area contributed by atoms with E-state index in [1.807, 2.05) is 25.1 Å². The SMILES string of the molecule is CC#CCC(NCCC)c1cc(Cl)ccc1OC. The predicted molar refractivity (Wildman–Crippen MR) is 77.1 cm³/mol. The quantitative estimate of drug-likeness (QED) is 0.790. The Morgan fingerprint density at radius 2 is 2.22 bits per heavy atom. The molecule has 1 aromatic rings. The molecule has 0 radical (unpaired) electrons. The normalized spacial score (nSPS) is 11.6. The molecule has 1 N–H and O–H groups in total. The number of nitrogens with one attached hydrogen (secondary N) is 1. The van der Waals surface area contributed by atoms with Gasteiger partial charge in [-0.3, -0.25) is 0 Å². The molecule has 2 nitrogen and oxygen atoms in total. The van der Waals surface area contributed by atoms with Gasteiger partial charge in [-0.05, 0) is 38.1 Å². The van der Waals surface area contributed by atoms with Gasteiger partial charge in [0.1, 0.15) is 5.75 Å². The Balaban J connectivity index is 3.00. The highest BCUT2D eigenvalue weighted by Crippen LogP contribution is 2.29. The molecule has 0 saturated heterocycles. The molecular formula is C15H20ClNO. The number of halogens is 1. The number of ether oxygens (including phenoxy) is 1. The van der Waals surface area contributed by atoms with Crippen LogP contribution in [0.15, 0.2) is 18.2 Å². The molecular weight excluding hydrogens is 246 g/mol. The van der Waals surface area contributed by atoms with Crippen molar-refractivity contribution in [2.45, 2.75) is 32.7 Å². The first-order chi connectivity index (χ1) is 8.72. The highest BCUT2D eigenvalue weighted by Gasteiger charge is 2.15. The minimum absolute atomic E-state index is 0.158. The van der Waals surface area contributed by atoms with Crippen molar-refractivity contribution in [1.82, 2.24) is 5.32 Å². The summed E-state index contributed by atoms with van der Waals surface area (Å²) in [7, 11) is 1.68. The first kappa shape index (κ1) is 14.9. The van der Waals surface area contributed by atoms with E-state index in [0.29, 0.717) is 0 Å². The van der Waals surface area contributed by atoms with Gasteiger partial charge in [-0.2, -0.15) is 0 Å². The molecule has 1 atom stereocenters. The van der Waals surface area contributed by atoms with Crippen LogP contribution < -0.4 is 10.1 Å². The summed E-state index contributed by atoms with van der Waals surface area (Å²) in [6, 6.07) is 5.85. The Bertz CT molecular complexity index is 434. The van der Waals surface area contributed by atoms with Crippen molar-refractivity contribution in [2.75, 3.05) is 13.7 Å². The van der Waals surface area contributed by atoms with Gasteiger partial charge in [-0.25, -0.2) is 0 Å². The number of methoxy groups -OCH3 is 1. The van der Waals surface area contributed by atoms with Crippen molar-refractivity contribution >= 4 is 11.6 Å². The summed E-state index contributed by atoms with van der Waals surface area (Å²) in [6.45, 7) is 4.95. The summed E-state index contributed by atoms with van der Waals surface area (Å²) in [5.41, 5.74) is 1.07. The van der Waals surface area contributed by atoms with Crippen LogP contribution in [0.4, 0.5) is 0 Å². The average molecular weight is 266 g/mol. The Labute approximate surface area is 115 Å². The lowest BCUT2D eigenvalue weighted by atomic mass is 10.0. The fourth-order valence-corrected chi connectivity index (χ4v) is 1.97. The van der Waals surface area contributed by atoms with Crippen molar-refractivity contribution in [3.8, 4) is 17.6 Å². The molecule has 3 heteroatoms. The van der Waals surface area contributed by atoms with Crippen molar-refractivity contribution in [3.63, 3.8) is 0 Å². The summed E-state index contributed by atoms with van der Waals surface area (Å²) in [4.78, 5) is 0. The van der Waals surface area contributed by atoms with Crippen LogP contribution in [0.25, 0.3) is 0 Å². The molecule has 0 bridgehead atoms. The molecule has 18 heavy (non-hydrogen) atoms. The van der Waals surface area contributed by atoms with Gasteiger partial charge in [-0.1, -0.05) is 18.5 Å². The number of benzene rings is 1. The third-order valence-electron chi connectivity index (χ3n) is 2.69. The van der Waals surface area contributed by atoms with Crippen LogP contribution in [0.1, 0.15) is 38.3 Å². The first-order valence-electron chi connectivity index (χ1n) is 6.19. The second kappa shape index (κ2) is 8.02. The van der Waals surface area contributed by atoms with Crippen molar-refractivity contribution < 1.29 is 4.74 Å². The van der Waals surface area contributed by atoms with Crippen LogP contribution in [0.5, 0.6) is 5.75 Å². The lowest BCUT2D eigenvalue weighted by Crippen LogP contribution is -2.22. The van der Waals surface area contributed by atoms with E-state index in [0.717, 1.165) is 35.7 Å². The third-order valence-corrected chi connectivity index (χ3v) is 2.93. The zero-order valence-corrected chi connectivity index (χ0v) is 12.0. The highest BCUT2D eigenvalue weighted by atomic mass is 35.5. The van der Waals surface area contributed by atoms with E-state index in [9.17, 15) is 0 Å². The average Bonchev–Trinajstić information content (AvgIpc) is 2.39. The van der Waals surface area contributed by atoms with E-state index < -0.39 is 0 Å². The standard InChI is InChI=1S/C15H20ClNO/c1-4-6-7-14(17-10-5-2)13-11-12(16)8-9-15(13)18-3/h8-9,11,14,17H,5,7,10H2,1-3H3. The maximum atomic E-state index is 6.07. The summed E-state index contributed by atoms with van der Waals surface area (Å²) in [5.74, 6) is 6.90.